The molecular formula is C28H32N3O6P. The topological polar surface area (TPSA) is 123 Å². The minimum Gasteiger partial charge on any atom is -0.465 e. The van der Waals surface area contributed by atoms with Crippen LogP contribution in [0, 0.1) is 6.92 Å². The Morgan fingerprint density at radius 2 is 1.47 bits per heavy atom. The molecule has 3 N–H and O–H groups in total. The average Bonchev–Trinajstić information content (AvgIpc) is 2.94. The molecule has 0 heterocycles. The third-order valence-corrected chi connectivity index (χ3v) is 8.41. The Morgan fingerprint density at radius 1 is 0.842 bits per heavy atom. The van der Waals surface area contributed by atoms with Crippen molar-refractivity contribution < 1.29 is 28.4 Å². The lowest BCUT2D eigenvalue weighted by Gasteiger charge is -2.30. The van der Waals surface area contributed by atoms with Gasteiger partial charge in [-0.1, -0.05) is 90.5 Å². The second-order valence-electron chi connectivity index (χ2n) is 8.43. The number of hydrogen-bond donors (Lipinski definition) is 3. The summed E-state index contributed by atoms with van der Waals surface area (Å²) >= 11 is 0. The third kappa shape index (κ3) is 8.30. The molecule has 3 aromatic carbocycles. The van der Waals surface area contributed by atoms with E-state index in [0.29, 0.717) is 10.9 Å². The van der Waals surface area contributed by atoms with Crippen molar-refractivity contribution in [3.8, 4) is 0 Å². The van der Waals surface area contributed by atoms with E-state index in [1.807, 2.05) is 49.4 Å². The van der Waals surface area contributed by atoms with E-state index in [2.05, 4.69) is 15.7 Å². The molecule has 10 heteroatoms. The van der Waals surface area contributed by atoms with Crippen LogP contribution in [0.4, 0.5) is 4.79 Å². The van der Waals surface area contributed by atoms with Crippen molar-refractivity contribution >= 4 is 30.6 Å². The molecule has 0 saturated carbocycles. The van der Waals surface area contributed by atoms with Crippen LogP contribution in [0.15, 0.2) is 84.9 Å². The van der Waals surface area contributed by atoms with Gasteiger partial charge in [-0.25, -0.2) is 4.79 Å². The van der Waals surface area contributed by atoms with Crippen LogP contribution in [0.3, 0.4) is 0 Å². The fourth-order valence-corrected chi connectivity index (χ4v) is 6.20. The Hall–Kier alpha value is -3.94. The fraction of sp³-hybridized carbons (Fsp3) is 0.250. The molecule has 0 aliphatic rings. The highest BCUT2D eigenvalue weighted by atomic mass is 31.2. The van der Waals surface area contributed by atoms with E-state index < -0.39 is 37.6 Å². The Bertz CT molecular complexity index is 1250. The molecule has 0 aliphatic carbocycles. The molecule has 0 saturated heterocycles. The fourth-order valence-electron chi connectivity index (χ4n) is 3.64. The van der Waals surface area contributed by atoms with Gasteiger partial charge in [0.2, 0.25) is 13.2 Å². The van der Waals surface area contributed by atoms with Crippen molar-refractivity contribution in [2.45, 2.75) is 26.2 Å². The number of rotatable bonds is 12. The number of alkyl carbamates (subject to hydrolysis) is 1. The van der Waals surface area contributed by atoms with Gasteiger partial charge in [-0.2, -0.15) is 0 Å². The molecule has 3 rings (SSSR count). The molecule has 2 atom stereocenters. The first-order valence-corrected chi connectivity index (χ1v) is 14.0. The number of nitrogens with one attached hydrogen (secondary N) is 3. The first-order chi connectivity index (χ1) is 18.3. The Balaban J connectivity index is 1.79. The van der Waals surface area contributed by atoms with E-state index in [1.165, 1.54) is 0 Å². The van der Waals surface area contributed by atoms with Gasteiger partial charge in [-0.3, -0.25) is 19.2 Å². The van der Waals surface area contributed by atoms with Crippen molar-refractivity contribution in [2.24, 2.45) is 0 Å². The van der Waals surface area contributed by atoms with E-state index in [-0.39, 0.29) is 19.8 Å². The SMILES string of the molecule is CCOC(=O)CNP(=O)(c1ccccc1)C(NC(=O)CNC(=O)OCc1ccccc1)c1ccc(C)cc1. The van der Waals surface area contributed by atoms with Crippen LogP contribution in [0.25, 0.3) is 0 Å². The Morgan fingerprint density at radius 3 is 2.11 bits per heavy atom. The van der Waals surface area contributed by atoms with Gasteiger partial charge in [0.05, 0.1) is 6.61 Å². The van der Waals surface area contributed by atoms with Crippen molar-refractivity contribution in [1.82, 2.24) is 15.7 Å². The number of benzene rings is 3. The van der Waals surface area contributed by atoms with Crippen LogP contribution >= 0.6 is 7.29 Å². The molecule has 0 aromatic heterocycles. The number of hydrogen-bond acceptors (Lipinski definition) is 6. The molecule has 0 aliphatic heterocycles. The minimum atomic E-state index is -3.68. The minimum absolute atomic E-state index is 0.0568. The van der Waals surface area contributed by atoms with Crippen LogP contribution in [0.1, 0.15) is 29.4 Å². The highest BCUT2D eigenvalue weighted by Gasteiger charge is 2.37. The predicted octanol–water partition coefficient (Wildman–Crippen LogP) is 3.79. The molecular weight excluding hydrogens is 505 g/mol. The van der Waals surface area contributed by atoms with Gasteiger partial charge in [0.1, 0.15) is 25.5 Å². The van der Waals surface area contributed by atoms with Crippen LogP contribution in [0.2, 0.25) is 0 Å². The lowest BCUT2D eigenvalue weighted by molar-refractivity contribution is -0.141. The first-order valence-electron chi connectivity index (χ1n) is 12.2. The van der Waals surface area contributed by atoms with E-state index in [4.69, 9.17) is 9.47 Å². The van der Waals surface area contributed by atoms with Crippen LogP contribution < -0.4 is 21.0 Å². The molecule has 38 heavy (non-hydrogen) atoms. The zero-order valence-electron chi connectivity index (χ0n) is 21.4. The Labute approximate surface area is 222 Å². The maximum absolute atomic E-state index is 14.6. The lowest BCUT2D eigenvalue weighted by atomic mass is 10.1. The summed E-state index contributed by atoms with van der Waals surface area (Å²) in [5.74, 6) is -2.18. The number of esters is 1. The summed E-state index contributed by atoms with van der Waals surface area (Å²) in [5.41, 5.74) is 2.36. The highest BCUT2D eigenvalue weighted by Crippen LogP contribution is 2.53. The zero-order chi connectivity index (χ0) is 27.4. The van der Waals surface area contributed by atoms with Crippen molar-refractivity contribution in [2.75, 3.05) is 19.7 Å². The number of carbonyl (C=O) groups excluding carboxylic acids is 3. The van der Waals surface area contributed by atoms with Gasteiger partial charge in [-0.05, 0) is 25.0 Å². The summed E-state index contributed by atoms with van der Waals surface area (Å²) in [6.07, 6.45) is -0.762. The molecule has 0 spiro atoms. The summed E-state index contributed by atoms with van der Waals surface area (Å²) in [7, 11) is -3.68. The van der Waals surface area contributed by atoms with Crippen LogP contribution in [-0.4, -0.2) is 37.7 Å². The largest absolute Gasteiger partial charge is 0.465 e. The molecule has 0 bridgehead atoms. The van der Waals surface area contributed by atoms with Gasteiger partial charge in [0, 0.05) is 5.30 Å². The lowest BCUT2D eigenvalue weighted by Crippen LogP contribution is -2.42. The van der Waals surface area contributed by atoms with Gasteiger partial charge in [0.25, 0.3) is 0 Å². The third-order valence-electron chi connectivity index (χ3n) is 5.56. The maximum Gasteiger partial charge on any atom is 0.407 e. The van der Waals surface area contributed by atoms with Crippen molar-refractivity contribution in [3.63, 3.8) is 0 Å². The number of aryl methyl sites for hydroxylation is 1. The predicted molar refractivity (Wildman–Crippen MR) is 145 cm³/mol. The Kier molecular flexibility index (Phi) is 10.6. The maximum atomic E-state index is 14.6. The second kappa shape index (κ2) is 14.1. The van der Waals surface area contributed by atoms with Crippen LogP contribution in [-0.2, 0) is 30.2 Å². The molecule has 2 unspecified atom stereocenters. The number of carbonyl (C=O) groups is 3. The molecule has 200 valence electrons. The van der Waals surface area contributed by atoms with E-state index >= 15 is 0 Å². The van der Waals surface area contributed by atoms with E-state index in [1.54, 1.807) is 49.4 Å². The summed E-state index contributed by atoms with van der Waals surface area (Å²) in [4.78, 5) is 37.2. The summed E-state index contributed by atoms with van der Waals surface area (Å²) in [6.45, 7) is 3.12. The first kappa shape index (κ1) is 28.6. The van der Waals surface area contributed by atoms with Crippen molar-refractivity contribution in [3.05, 3.63) is 102 Å². The van der Waals surface area contributed by atoms with E-state index in [9.17, 15) is 18.9 Å². The molecule has 9 nitrogen and oxygen atoms in total. The molecule has 2 amide bonds. The van der Waals surface area contributed by atoms with Crippen molar-refractivity contribution in [1.29, 1.82) is 0 Å². The summed E-state index contributed by atoms with van der Waals surface area (Å²) in [5, 5.41) is 8.50. The average molecular weight is 538 g/mol. The summed E-state index contributed by atoms with van der Waals surface area (Å²) < 4.78 is 24.8. The monoisotopic (exact) mass is 537 g/mol. The van der Waals surface area contributed by atoms with Gasteiger partial charge in [0.15, 0.2) is 0 Å². The van der Waals surface area contributed by atoms with E-state index in [0.717, 1.165) is 11.1 Å². The zero-order valence-corrected chi connectivity index (χ0v) is 22.3. The standard InChI is InChI=1S/C28H32N3O6P/c1-3-36-26(33)19-30-38(35,24-12-8-5-9-13-24)27(23-16-14-21(2)15-17-23)31-25(32)18-29-28(34)37-20-22-10-6-4-7-11-22/h4-17,27H,3,18-20H2,1-2H3,(H,29,34)(H,30,35)(H,31,32). The quantitative estimate of drug-likeness (QED) is 0.237. The molecule has 3 aromatic rings. The molecule has 0 radical (unpaired) electrons. The summed E-state index contributed by atoms with van der Waals surface area (Å²) in [6, 6.07) is 24.9. The highest BCUT2D eigenvalue weighted by molar-refractivity contribution is 7.70. The number of amides is 2. The van der Waals surface area contributed by atoms with Gasteiger partial charge >= 0.3 is 12.1 Å². The number of ether oxygens (including phenoxy) is 2. The normalized spacial score (nSPS) is 13.0. The smallest absolute Gasteiger partial charge is 0.407 e. The van der Waals surface area contributed by atoms with Gasteiger partial charge < -0.3 is 20.1 Å². The van der Waals surface area contributed by atoms with Gasteiger partial charge in [-0.15, -0.1) is 0 Å². The second-order valence-corrected chi connectivity index (χ2v) is 11.1. The molecule has 0 fully saturated rings. The van der Waals surface area contributed by atoms with Crippen LogP contribution in [0.5, 0.6) is 0 Å².